The molecular formula is C12H23O7P. The number of carbonyl (C=O) groups excluding carboxylic acids is 1. The first-order valence-corrected chi connectivity index (χ1v) is 7.11. The molecular weight excluding hydrogens is 287 g/mol. The number of unbranched alkanes of at least 4 members (excludes halogenated alkanes) is 1. The van der Waals surface area contributed by atoms with E-state index in [9.17, 15) is 15.0 Å². The molecule has 8 heteroatoms. The van der Waals surface area contributed by atoms with Gasteiger partial charge in [0.2, 0.25) is 6.29 Å². The molecule has 0 saturated carbocycles. The molecule has 2 N–H and O–H groups in total. The summed E-state index contributed by atoms with van der Waals surface area (Å²) in [5.41, 5.74) is 0. The number of aliphatic hydroxyl groups excluding tert-OH is 2. The summed E-state index contributed by atoms with van der Waals surface area (Å²) in [6, 6.07) is 0. The predicted octanol–water partition coefficient (Wildman–Crippen LogP) is -0.0118. The van der Waals surface area contributed by atoms with E-state index in [-0.39, 0.29) is 6.61 Å². The Balaban J connectivity index is 2.82. The highest BCUT2D eigenvalue weighted by Crippen LogP contribution is 2.28. The van der Waals surface area contributed by atoms with Gasteiger partial charge < -0.3 is 28.9 Å². The van der Waals surface area contributed by atoms with Gasteiger partial charge in [0.05, 0.1) is 6.61 Å². The molecule has 1 heterocycles. The summed E-state index contributed by atoms with van der Waals surface area (Å²) in [6.45, 7) is 3.30. The topological polar surface area (TPSA) is 94.5 Å². The molecule has 1 saturated heterocycles. The van der Waals surface area contributed by atoms with Crippen molar-refractivity contribution in [2.45, 2.75) is 57.4 Å². The Morgan fingerprint density at radius 1 is 1.40 bits per heavy atom. The van der Waals surface area contributed by atoms with Crippen LogP contribution >= 0.6 is 9.47 Å². The second kappa shape index (κ2) is 8.87. The van der Waals surface area contributed by atoms with E-state index in [2.05, 4.69) is 0 Å². The van der Waals surface area contributed by atoms with Crippen molar-refractivity contribution in [3.63, 3.8) is 0 Å². The van der Waals surface area contributed by atoms with Crippen molar-refractivity contribution in [1.29, 1.82) is 0 Å². The zero-order chi connectivity index (χ0) is 15.1. The van der Waals surface area contributed by atoms with Gasteiger partial charge in [0.25, 0.3) is 0 Å². The van der Waals surface area contributed by atoms with Crippen molar-refractivity contribution in [3.8, 4) is 0 Å². The lowest BCUT2D eigenvalue weighted by Crippen LogP contribution is -2.60. The number of hydrogen-bond donors (Lipinski definition) is 2. The molecule has 0 amide bonds. The lowest BCUT2D eigenvalue weighted by atomic mass is 9.99. The zero-order valence-electron chi connectivity index (χ0n) is 11.7. The van der Waals surface area contributed by atoms with Crippen molar-refractivity contribution in [2.24, 2.45) is 0 Å². The van der Waals surface area contributed by atoms with Gasteiger partial charge in [0.1, 0.15) is 18.3 Å². The number of rotatable bonds is 7. The van der Waals surface area contributed by atoms with E-state index in [0.717, 1.165) is 12.8 Å². The van der Waals surface area contributed by atoms with Gasteiger partial charge in [0.15, 0.2) is 6.10 Å². The zero-order valence-corrected chi connectivity index (χ0v) is 12.9. The third kappa shape index (κ3) is 4.62. The Morgan fingerprint density at radius 3 is 2.60 bits per heavy atom. The molecule has 118 valence electrons. The highest BCUT2D eigenvalue weighted by Gasteiger charge is 2.48. The summed E-state index contributed by atoms with van der Waals surface area (Å²) in [7, 11) is 2.02. The fourth-order valence-corrected chi connectivity index (χ4v) is 2.24. The van der Waals surface area contributed by atoms with Gasteiger partial charge in [-0.15, -0.1) is 0 Å². The largest absolute Gasteiger partial charge is 0.454 e. The standard InChI is InChI=1S/C12H23O7P/c1-3-4-5-16-10-9(15)8(6-13)18-12(19-20)11(10)17-7(2)14/h8-13,15H,3-6,20H2,1-2H3/t8-,9-,10-,11+,12-/m1/s1. The lowest BCUT2D eigenvalue weighted by molar-refractivity contribution is -0.287. The van der Waals surface area contributed by atoms with Crippen LogP contribution in [0, 0.1) is 0 Å². The first kappa shape index (κ1) is 17.8. The predicted molar refractivity (Wildman–Crippen MR) is 72.8 cm³/mol. The summed E-state index contributed by atoms with van der Waals surface area (Å²) in [5, 5.41) is 19.4. The molecule has 7 nitrogen and oxygen atoms in total. The van der Waals surface area contributed by atoms with Crippen LogP contribution in [-0.2, 0) is 23.5 Å². The smallest absolute Gasteiger partial charge is 0.303 e. The summed E-state index contributed by atoms with van der Waals surface area (Å²) in [4.78, 5) is 11.2. The molecule has 6 atom stereocenters. The molecule has 0 aromatic carbocycles. The maximum Gasteiger partial charge on any atom is 0.303 e. The second-order valence-corrected chi connectivity index (χ2v) is 4.89. The minimum absolute atomic E-state index is 0.383. The minimum atomic E-state index is -1.10. The summed E-state index contributed by atoms with van der Waals surface area (Å²) in [5.74, 6) is -0.524. The van der Waals surface area contributed by atoms with E-state index < -0.39 is 36.7 Å². The van der Waals surface area contributed by atoms with Crippen LogP contribution in [0.15, 0.2) is 0 Å². The molecule has 1 unspecified atom stereocenters. The van der Waals surface area contributed by atoms with E-state index in [1.54, 1.807) is 0 Å². The average Bonchev–Trinajstić information content (AvgIpc) is 2.42. The molecule has 1 rings (SSSR count). The van der Waals surface area contributed by atoms with Crippen molar-refractivity contribution in [1.82, 2.24) is 0 Å². The van der Waals surface area contributed by atoms with Crippen LogP contribution < -0.4 is 0 Å². The monoisotopic (exact) mass is 310 g/mol. The summed E-state index contributed by atoms with van der Waals surface area (Å²) >= 11 is 0. The van der Waals surface area contributed by atoms with Crippen LogP contribution in [0.1, 0.15) is 26.7 Å². The number of esters is 1. The molecule has 0 aromatic rings. The minimum Gasteiger partial charge on any atom is -0.454 e. The van der Waals surface area contributed by atoms with Gasteiger partial charge >= 0.3 is 5.97 Å². The van der Waals surface area contributed by atoms with E-state index in [1.807, 2.05) is 16.4 Å². The third-order valence-corrected chi connectivity index (χ3v) is 3.31. The summed E-state index contributed by atoms with van der Waals surface area (Å²) < 4.78 is 21.1. The van der Waals surface area contributed by atoms with E-state index in [4.69, 9.17) is 18.7 Å². The molecule has 0 aromatic heterocycles. The molecule has 0 aliphatic carbocycles. The van der Waals surface area contributed by atoms with Crippen LogP contribution in [0.25, 0.3) is 0 Å². The molecule has 1 aliphatic rings. The van der Waals surface area contributed by atoms with Crippen molar-refractivity contribution in [2.75, 3.05) is 13.2 Å². The molecule has 0 radical (unpaired) electrons. The van der Waals surface area contributed by atoms with Gasteiger partial charge in [-0.3, -0.25) is 4.79 Å². The number of hydrogen-bond acceptors (Lipinski definition) is 7. The Labute approximate surface area is 120 Å². The highest BCUT2D eigenvalue weighted by molar-refractivity contribution is 7.09. The van der Waals surface area contributed by atoms with Crippen LogP contribution in [0.3, 0.4) is 0 Å². The van der Waals surface area contributed by atoms with Crippen LogP contribution in [0.4, 0.5) is 0 Å². The SMILES string of the molecule is CCCCO[C@@H]1[C@H](O)[C@@H](CO)O[C@H](OP)[C@H]1OC(C)=O. The normalized spacial score (nSPS) is 34.0. The van der Waals surface area contributed by atoms with E-state index in [1.165, 1.54) is 6.92 Å². The molecule has 1 fully saturated rings. The fourth-order valence-electron chi connectivity index (χ4n) is 2.02. The molecule has 0 spiro atoms. The van der Waals surface area contributed by atoms with E-state index in [0.29, 0.717) is 6.61 Å². The van der Waals surface area contributed by atoms with Crippen molar-refractivity contribution >= 4 is 15.4 Å². The van der Waals surface area contributed by atoms with Gasteiger partial charge in [-0.2, -0.15) is 0 Å². The fraction of sp³-hybridized carbons (Fsp3) is 0.917. The first-order chi connectivity index (χ1) is 9.54. The Kier molecular flexibility index (Phi) is 7.87. The second-order valence-electron chi connectivity index (χ2n) is 4.62. The Morgan fingerprint density at radius 2 is 2.10 bits per heavy atom. The molecule has 1 aliphatic heterocycles. The first-order valence-electron chi connectivity index (χ1n) is 6.63. The maximum atomic E-state index is 11.2. The Bertz CT molecular complexity index is 302. The number of ether oxygens (including phenoxy) is 3. The van der Waals surface area contributed by atoms with Crippen LogP contribution in [0.5, 0.6) is 0 Å². The van der Waals surface area contributed by atoms with Gasteiger partial charge in [-0.1, -0.05) is 13.3 Å². The van der Waals surface area contributed by atoms with Gasteiger partial charge in [0, 0.05) is 23.0 Å². The lowest BCUT2D eigenvalue weighted by Gasteiger charge is -2.42. The van der Waals surface area contributed by atoms with Gasteiger partial charge in [-0.25, -0.2) is 0 Å². The van der Waals surface area contributed by atoms with Crippen molar-refractivity contribution < 1.29 is 33.7 Å². The Hall–Kier alpha value is -0.300. The van der Waals surface area contributed by atoms with Crippen LogP contribution in [-0.4, -0.2) is 60.1 Å². The van der Waals surface area contributed by atoms with E-state index >= 15 is 0 Å². The van der Waals surface area contributed by atoms with Crippen molar-refractivity contribution in [3.05, 3.63) is 0 Å². The highest BCUT2D eigenvalue weighted by atomic mass is 31.0. The number of carbonyl (C=O) groups is 1. The van der Waals surface area contributed by atoms with Gasteiger partial charge in [-0.05, 0) is 6.42 Å². The quantitative estimate of drug-likeness (QED) is 0.388. The molecule has 20 heavy (non-hydrogen) atoms. The summed E-state index contributed by atoms with van der Waals surface area (Å²) in [6.07, 6.45) is -2.81. The molecule has 0 bridgehead atoms. The van der Waals surface area contributed by atoms with Crippen LogP contribution in [0.2, 0.25) is 0 Å². The maximum absolute atomic E-state index is 11.2. The average molecular weight is 310 g/mol. The number of aliphatic hydroxyl groups is 2. The third-order valence-electron chi connectivity index (χ3n) is 3.04.